The molecule has 2 unspecified atom stereocenters. The average molecular weight is 214 g/mol. The summed E-state index contributed by atoms with van der Waals surface area (Å²) in [6.07, 6.45) is 1.23. The van der Waals surface area contributed by atoms with Gasteiger partial charge in [0.2, 0.25) is 11.8 Å². The van der Waals surface area contributed by atoms with Crippen molar-refractivity contribution in [3.63, 3.8) is 0 Å². The standard InChI is InChI=1S/C10H18N2O3/c1-7-6-8(7)10(15)12-3-2-9(14)11-4-5-13/h7-8,13H,2-6H2,1H3,(H,11,14)(H,12,15). The van der Waals surface area contributed by atoms with Gasteiger partial charge in [-0.1, -0.05) is 6.92 Å². The second kappa shape index (κ2) is 5.70. The van der Waals surface area contributed by atoms with Crippen molar-refractivity contribution in [2.45, 2.75) is 19.8 Å². The molecule has 1 saturated carbocycles. The zero-order valence-electron chi connectivity index (χ0n) is 8.95. The molecule has 0 spiro atoms. The van der Waals surface area contributed by atoms with Crippen LogP contribution in [0.5, 0.6) is 0 Å². The Balaban J connectivity index is 2.00. The van der Waals surface area contributed by atoms with Crippen LogP contribution in [0.1, 0.15) is 19.8 Å². The van der Waals surface area contributed by atoms with Crippen LogP contribution in [0.3, 0.4) is 0 Å². The molecular formula is C10H18N2O3. The highest BCUT2D eigenvalue weighted by Crippen LogP contribution is 2.37. The van der Waals surface area contributed by atoms with E-state index >= 15 is 0 Å². The van der Waals surface area contributed by atoms with Crippen molar-refractivity contribution in [3.05, 3.63) is 0 Å². The molecular weight excluding hydrogens is 196 g/mol. The predicted octanol–water partition coefficient (Wildman–Crippen LogP) is -0.743. The summed E-state index contributed by atoms with van der Waals surface area (Å²) in [5.74, 6) is 0.560. The minimum Gasteiger partial charge on any atom is -0.395 e. The Morgan fingerprint density at radius 2 is 2.00 bits per heavy atom. The van der Waals surface area contributed by atoms with Crippen LogP contribution in [0, 0.1) is 11.8 Å². The van der Waals surface area contributed by atoms with Crippen LogP contribution in [0.25, 0.3) is 0 Å². The third-order valence-corrected chi connectivity index (χ3v) is 2.53. The molecule has 0 bridgehead atoms. The minimum absolute atomic E-state index is 0.0532. The number of amides is 2. The van der Waals surface area contributed by atoms with E-state index in [-0.39, 0.29) is 37.3 Å². The maximum Gasteiger partial charge on any atom is 0.223 e. The molecule has 0 heterocycles. The maximum absolute atomic E-state index is 11.3. The lowest BCUT2D eigenvalue weighted by Gasteiger charge is -2.04. The maximum atomic E-state index is 11.3. The molecule has 0 saturated heterocycles. The number of carbonyl (C=O) groups excluding carboxylic acids is 2. The van der Waals surface area contributed by atoms with Crippen LogP contribution in [0.2, 0.25) is 0 Å². The number of aliphatic hydroxyl groups is 1. The summed E-state index contributed by atoms with van der Waals surface area (Å²) >= 11 is 0. The molecule has 3 N–H and O–H groups in total. The van der Waals surface area contributed by atoms with Crippen LogP contribution in [0.4, 0.5) is 0 Å². The number of nitrogens with one attached hydrogen (secondary N) is 2. The molecule has 0 radical (unpaired) electrons. The molecule has 1 rings (SSSR count). The lowest BCUT2D eigenvalue weighted by molar-refractivity contribution is -0.123. The molecule has 0 aromatic carbocycles. The monoisotopic (exact) mass is 214 g/mol. The molecule has 86 valence electrons. The minimum atomic E-state index is -0.145. The van der Waals surface area contributed by atoms with Gasteiger partial charge in [-0.05, 0) is 12.3 Å². The van der Waals surface area contributed by atoms with Gasteiger partial charge >= 0.3 is 0 Å². The van der Waals surface area contributed by atoms with Crippen LogP contribution in [-0.2, 0) is 9.59 Å². The van der Waals surface area contributed by atoms with Gasteiger partial charge < -0.3 is 15.7 Å². The van der Waals surface area contributed by atoms with E-state index in [0.717, 1.165) is 6.42 Å². The van der Waals surface area contributed by atoms with Crippen molar-refractivity contribution in [2.75, 3.05) is 19.7 Å². The molecule has 1 fully saturated rings. The van der Waals surface area contributed by atoms with Crippen LogP contribution in [-0.4, -0.2) is 36.6 Å². The summed E-state index contributed by atoms with van der Waals surface area (Å²) in [7, 11) is 0. The van der Waals surface area contributed by atoms with Gasteiger partial charge in [0.25, 0.3) is 0 Å². The van der Waals surface area contributed by atoms with Gasteiger partial charge in [0, 0.05) is 25.4 Å². The number of carbonyl (C=O) groups is 2. The molecule has 2 atom stereocenters. The van der Waals surface area contributed by atoms with Crippen molar-refractivity contribution >= 4 is 11.8 Å². The van der Waals surface area contributed by atoms with Gasteiger partial charge in [-0.2, -0.15) is 0 Å². The smallest absolute Gasteiger partial charge is 0.223 e. The van der Waals surface area contributed by atoms with Crippen molar-refractivity contribution in [3.8, 4) is 0 Å². The summed E-state index contributed by atoms with van der Waals surface area (Å²) in [6, 6.07) is 0. The molecule has 2 amide bonds. The number of hydrogen-bond donors (Lipinski definition) is 3. The summed E-state index contributed by atoms with van der Waals surface area (Å²) in [6.45, 7) is 2.63. The number of aliphatic hydroxyl groups excluding tert-OH is 1. The Kier molecular flexibility index (Phi) is 4.55. The first kappa shape index (κ1) is 12.0. The molecule has 1 aliphatic rings. The third-order valence-electron chi connectivity index (χ3n) is 2.53. The highest BCUT2D eigenvalue weighted by molar-refractivity contribution is 5.82. The van der Waals surface area contributed by atoms with Crippen molar-refractivity contribution in [2.24, 2.45) is 11.8 Å². The largest absolute Gasteiger partial charge is 0.395 e. The van der Waals surface area contributed by atoms with Gasteiger partial charge in [-0.3, -0.25) is 9.59 Å². The van der Waals surface area contributed by atoms with E-state index in [1.165, 1.54) is 0 Å². The zero-order valence-corrected chi connectivity index (χ0v) is 8.95. The highest BCUT2D eigenvalue weighted by atomic mass is 16.3. The molecule has 15 heavy (non-hydrogen) atoms. The number of hydrogen-bond acceptors (Lipinski definition) is 3. The lowest BCUT2D eigenvalue weighted by Crippen LogP contribution is -2.32. The Labute approximate surface area is 89.2 Å². The third kappa shape index (κ3) is 4.29. The van der Waals surface area contributed by atoms with Gasteiger partial charge in [-0.25, -0.2) is 0 Å². The average Bonchev–Trinajstić information content (AvgIpc) is 2.92. The zero-order chi connectivity index (χ0) is 11.3. The first-order valence-electron chi connectivity index (χ1n) is 5.30. The summed E-state index contributed by atoms with van der Waals surface area (Å²) in [5.41, 5.74) is 0. The summed E-state index contributed by atoms with van der Waals surface area (Å²) in [4.78, 5) is 22.4. The second-order valence-electron chi connectivity index (χ2n) is 3.93. The van der Waals surface area contributed by atoms with E-state index in [9.17, 15) is 9.59 Å². The predicted molar refractivity (Wildman–Crippen MR) is 55.0 cm³/mol. The van der Waals surface area contributed by atoms with E-state index in [4.69, 9.17) is 5.11 Å². The molecule has 0 aromatic heterocycles. The molecule has 0 aromatic rings. The Bertz CT molecular complexity index is 243. The van der Waals surface area contributed by atoms with Gasteiger partial charge in [0.15, 0.2) is 0 Å². The van der Waals surface area contributed by atoms with E-state index in [1.54, 1.807) is 0 Å². The topological polar surface area (TPSA) is 78.4 Å². The first-order valence-corrected chi connectivity index (χ1v) is 5.30. The van der Waals surface area contributed by atoms with E-state index < -0.39 is 0 Å². The van der Waals surface area contributed by atoms with E-state index in [2.05, 4.69) is 10.6 Å². The van der Waals surface area contributed by atoms with Gasteiger partial charge in [0.1, 0.15) is 0 Å². The van der Waals surface area contributed by atoms with Crippen LogP contribution < -0.4 is 10.6 Å². The number of rotatable bonds is 6. The second-order valence-corrected chi connectivity index (χ2v) is 3.93. The Morgan fingerprint density at radius 1 is 1.33 bits per heavy atom. The first-order chi connectivity index (χ1) is 7.15. The summed E-state index contributed by atoms with van der Waals surface area (Å²) < 4.78 is 0. The SMILES string of the molecule is CC1CC1C(=O)NCCC(=O)NCCO. The molecule has 5 nitrogen and oxygen atoms in total. The molecule has 1 aliphatic carbocycles. The molecule has 5 heteroatoms. The fourth-order valence-corrected chi connectivity index (χ4v) is 1.40. The lowest BCUT2D eigenvalue weighted by atomic mass is 10.3. The van der Waals surface area contributed by atoms with E-state index in [1.807, 2.05) is 6.92 Å². The fourth-order valence-electron chi connectivity index (χ4n) is 1.40. The van der Waals surface area contributed by atoms with Gasteiger partial charge in [-0.15, -0.1) is 0 Å². The van der Waals surface area contributed by atoms with Crippen molar-refractivity contribution < 1.29 is 14.7 Å². The van der Waals surface area contributed by atoms with Gasteiger partial charge in [0.05, 0.1) is 6.61 Å². The quantitative estimate of drug-likeness (QED) is 0.545. The summed E-state index contributed by atoms with van der Waals surface area (Å²) in [5, 5.41) is 13.7. The normalized spacial score (nSPS) is 23.3. The van der Waals surface area contributed by atoms with Crippen molar-refractivity contribution in [1.82, 2.24) is 10.6 Å². The van der Waals surface area contributed by atoms with Crippen LogP contribution >= 0.6 is 0 Å². The van der Waals surface area contributed by atoms with E-state index in [0.29, 0.717) is 12.5 Å². The van der Waals surface area contributed by atoms with Crippen molar-refractivity contribution in [1.29, 1.82) is 0 Å². The van der Waals surface area contributed by atoms with Crippen LogP contribution in [0.15, 0.2) is 0 Å². The highest BCUT2D eigenvalue weighted by Gasteiger charge is 2.38. The fraction of sp³-hybridized carbons (Fsp3) is 0.800. The Hall–Kier alpha value is -1.10. The Morgan fingerprint density at radius 3 is 2.53 bits per heavy atom. The molecule has 0 aliphatic heterocycles.